The fourth-order valence-corrected chi connectivity index (χ4v) is 3.28. The van der Waals surface area contributed by atoms with E-state index in [2.05, 4.69) is 5.32 Å². The zero-order valence-electron chi connectivity index (χ0n) is 13.5. The van der Waals surface area contributed by atoms with E-state index in [9.17, 15) is 16.8 Å². The van der Waals surface area contributed by atoms with Crippen molar-refractivity contribution < 1.29 is 16.8 Å². The fraction of sp³-hybridized carbons (Fsp3) is 0.571. The molecular weight excluding hydrogens is 324 g/mol. The van der Waals surface area contributed by atoms with Gasteiger partial charge in [-0.15, -0.1) is 0 Å². The first-order chi connectivity index (χ1) is 9.75. The molecule has 126 valence electrons. The molecule has 6 nitrogen and oxygen atoms in total. The van der Waals surface area contributed by atoms with E-state index in [4.69, 9.17) is 5.73 Å². The van der Waals surface area contributed by atoms with Crippen molar-refractivity contribution in [1.82, 2.24) is 0 Å². The minimum Gasteiger partial charge on any atom is -0.382 e. The molecule has 1 aromatic carbocycles. The van der Waals surface area contributed by atoms with Gasteiger partial charge in [0.25, 0.3) is 0 Å². The van der Waals surface area contributed by atoms with Gasteiger partial charge in [-0.25, -0.2) is 16.8 Å². The molecule has 0 unspecified atom stereocenters. The highest BCUT2D eigenvalue weighted by atomic mass is 32.2. The summed E-state index contributed by atoms with van der Waals surface area (Å²) in [6.45, 7) is 6.19. The minimum absolute atomic E-state index is 0.0298. The maximum atomic E-state index is 11.9. The van der Waals surface area contributed by atoms with Crippen molar-refractivity contribution in [3.8, 4) is 0 Å². The molecule has 0 amide bonds. The number of sulfone groups is 2. The Bertz CT molecular complexity index is 751. The van der Waals surface area contributed by atoms with Crippen molar-refractivity contribution in [2.24, 2.45) is 11.7 Å². The van der Waals surface area contributed by atoms with Crippen molar-refractivity contribution in [2.45, 2.75) is 36.1 Å². The molecule has 0 saturated heterocycles. The van der Waals surface area contributed by atoms with Crippen LogP contribution in [0.25, 0.3) is 0 Å². The Morgan fingerprint density at radius 3 is 2.09 bits per heavy atom. The lowest BCUT2D eigenvalue weighted by Gasteiger charge is -2.30. The maximum absolute atomic E-state index is 11.9. The van der Waals surface area contributed by atoms with E-state index in [1.54, 1.807) is 0 Å². The van der Waals surface area contributed by atoms with E-state index in [0.29, 0.717) is 12.2 Å². The van der Waals surface area contributed by atoms with Crippen LogP contribution in [0.3, 0.4) is 0 Å². The van der Waals surface area contributed by atoms with Crippen LogP contribution in [-0.2, 0) is 19.7 Å². The number of benzene rings is 1. The second-order valence-corrected chi connectivity index (χ2v) is 10.2. The second-order valence-electron chi connectivity index (χ2n) is 6.22. The molecule has 1 aromatic rings. The van der Waals surface area contributed by atoms with Gasteiger partial charge in [0.1, 0.15) is 0 Å². The monoisotopic (exact) mass is 348 g/mol. The molecule has 22 heavy (non-hydrogen) atoms. The van der Waals surface area contributed by atoms with E-state index >= 15 is 0 Å². The third-order valence-electron chi connectivity index (χ3n) is 3.76. The molecular formula is C14H24N2O4S2. The highest BCUT2D eigenvalue weighted by Crippen LogP contribution is 2.26. The van der Waals surface area contributed by atoms with Gasteiger partial charge in [-0.2, -0.15) is 0 Å². The highest BCUT2D eigenvalue weighted by Gasteiger charge is 2.24. The number of hydrogen-bond acceptors (Lipinski definition) is 6. The SMILES string of the molecule is CC(C)[C@](C)(N)CNc1ccc(S(C)(=O)=O)cc1S(C)(=O)=O. The minimum atomic E-state index is -3.57. The molecule has 0 spiro atoms. The topological polar surface area (TPSA) is 106 Å². The predicted octanol–water partition coefficient (Wildman–Crippen LogP) is 1.28. The van der Waals surface area contributed by atoms with Gasteiger partial charge in [-0.3, -0.25) is 0 Å². The molecule has 0 aliphatic carbocycles. The maximum Gasteiger partial charge on any atom is 0.177 e. The summed E-state index contributed by atoms with van der Waals surface area (Å²) in [7, 11) is -7.05. The summed E-state index contributed by atoms with van der Waals surface area (Å²) in [4.78, 5) is -0.0761. The molecule has 0 saturated carbocycles. The number of hydrogen-bond donors (Lipinski definition) is 2. The zero-order valence-corrected chi connectivity index (χ0v) is 15.2. The molecule has 0 radical (unpaired) electrons. The molecule has 3 N–H and O–H groups in total. The van der Waals surface area contributed by atoms with E-state index in [-0.39, 0.29) is 15.7 Å². The van der Waals surface area contributed by atoms with Crippen LogP contribution in [-0.4, -0.2) is 41.4 Å². The van der Waals surface area contributed by atoms with Crippen LogP contribution in [0.15, 0.2) is 28.0 Å². The Morgan fingerprint density at radius 1 is 1.14 bits per heavy atom. The van der Waals surface area contributed by atoms with Gasteiger partial charge >= 0.3 is 0 Å². The molecule has 0 bridgehead atoms. The van der Waals surface area contributed by atoms with Gasteiger partial charge in [-0.05, 0) is 31.0 Å². The molecule has 0 fully saturated rings. The Kier molecular flexibility index (Phi) is 5.31. The van der Waals surface area contributed by atoms with Gasteiger partial charge in [0, 0.05) is 24.6 Å². The summed E-state index contributed by atoms with van der Waals surface area (Å²) < 4.78 is 47.0. The molecule has 8 heteroatoms. The second kappa shape index (κ2) is 6.17. The van der Waals surface area contributed by atoms with Crippen molar-refractivity contribution >= 4 is 25.4 Å². The Balaban J connectivity index is 3.27. The molecule has 1 atom stereocenters. The lowest BCUT2D eigenvalue weighted by molar-refractivity contribution is 0.358. The number of nitrogens with one attached hydrogen (secondary N) is 1. The van der Waals surface area contributed by atoms with Gasteiger partial charge in [-0.1, -0.05) is 13.8 Å². The van der Waals surface area contributed by atoms with E-state index in [1.165, 1.54) is 18.2 Å². The quantitative estimate of drug-likeness (QED) is 0.802. The first kappa shape index (κ1) is 18.9. The largest absolute Gasteiger partial charge is 0.382 e. The third kappa shape index (κ3) is 4.69. The summed E-state index contributed by atoms with van der Waals surface area (Å²) in [6.07, 6.45) is 2.08. The highest BCUT2D eigenvalue weighted by molar-refractivity contribution is 7.91. The van der Waals surface area contributed by atoms with E-state index in [1.807, 2.05) is 20.8 Å². The number of anilines is 1. The average Bonchev–Trinajstić information content (AvgIpc) is 2.33. The van der Waals surface area contributed by atoms with Crippen LogP contribution in [0.5, 0.6) is 0 Å². The van der Waals surface area contributed by atoms with Gasteiger partial charge in [0.15, 0.2) is 19.7 Å². The Morgan fingerprint density at radius 2 is 1.68 bits per heavy atom. The summed E-state index contributed by atoms with van der Waals surface area (Å²) in [5.41, 5.74) is 5.99. The fourth-order valence-electron chi connectivity index (χ4n) is 1.68. The predicted molar refractivity (Wildman–Crippen MR) is 88.6 cm³/mol. The first-order valence-corrected chi connectivity index (χ1v) is 10.6. The molecule has 0 aliphatic heterocycles. The van der Waals surface area contributed by atoms with Crippen molar-refractivity contribution in [3.05, 3.63) is 18.2 Å². The first-order valence-electron chi connectivity index (χ1n) is 6.82. The summed E-state index contributed by atoms with van der Waals surface area (Å²) in [5, 5.41) is 3.02. The number of rotatable bonds is 6. The van der Waals surface area contributed by atoms with Crippen molar-refractivity contribution in [3.63, 3.8) is 0 Å². The van der Waals surface area contributed by atoms with E-state index in [0.717, 1.165) is 12.5 Å². The normalized spacial score (nSPS) is 15.6. The summed E-state index contributed by atoms with van der Waals surface area (Å²) in [5.74, 6) is 0.192. The van der Waals surface area contributed by atoms with Gasteiger partial charge in [0.05, 0.1) is 15.5 Å². The van der Waals surface area contributed by atoms with Crippen LogP contribution in [0.1, 0.15) is 20.8 Å². The number of nitrogens with two attached hydrogens (primary N) is 1. The molecule has 0 aromatic heterocycles. The van der Waals surface area contributed by atoms with Crippen LogP contribution < -0.4 is 11.1 Å². The summed E-state index contributed by atoms with van der Waals surface area (Å²) in [6, 6.07) is 4.02. The van der Waals surface area contributed by atoms with Crippen molar-refractivity contribution in [1.29, 1.82) is 0 Å². The smallest absolute Gasteiger partial charge is 0.177 e. The zero-order chi connectivity index (χ0) is 17.3. The van der Waals surface area contributed by atoms with Crippen LogP contribution in [0, 0.1) is 5.92 Å². The van der Waals surface area contributed by atoms with Crippen molar-refractivity contribution in [2.75, 3.05) is 24.4 Å². The van der Waals surface area contributed by atoms with Gasteiger partial charge in [0.2, 0.25) is 0 Å². The molecule has 0 aliphatic rings. The van der Waals surface area contributed by atoms with Crippen LogP contribution in [0.4, 0.5) is 5.69 Å². The third-order valence-corrected chi connectivity index (χ3v) is 6.01. The Hall–Kier alpha value is -1.12. The molecule has 1 rings (SSSR count). The van der Waals surface area contributed by atoms with E-state index < -0.39 is 25.2 Å². The van der Waals surface area contributed by atoms with Gasteiger partial charge < -0.3 is 11.1 Å². The Labute approximate surface area is 132 Å². The van der Waals surface area contributed by atoms with Crippen LogP contribution in [0.2, 0.25) is 0 Å². The lowest BCUT2D eigenvalue weighted by Crippen LogP contribution is -2.48. The van der Waals surface area contributed by atoms with Crippen LogP contribution >= 0.6 is 0 Å². The molecule has 0 heterocycles. The average molecular weight is 348 g/mol. The lowest BCUT2D eigenvalue weighted by atomic mass is 9.89. The summed E-state index contributed by atoms with van der Waals surface area (Å²) >= 11 is 0. The standard InChI is InChI=1S/C14H24N2O4S2/c1-10(2)14(3,15)9-16-12-7-6-11(21(4,17)18)8-13(12)22(5,19)20/h6-8,10,16H,9,15H2,1-5H3/t14-/m1/s1.